The maximum absolute atomic E-state index is 10.8. The standard InChI is InChI=1S/C38H79O3PS/c39-42(40,41)37-35-33-31-29-27-25-23-21-19-17-15-13-11-9-7-5-3-1-2-4-6-8-10-12-14-16-18-20-22-24-26-28-30-32-34-36-38-43/h43H,1-38H2,(H2,39,40,41). The maximum atomic E-state index is 10.8. The van der Waals surface area contributed by atoms with Crippen molar-refractivity contribution in [3.05, 3.63) is 0 Å². The third-order valence-electron chi connectivity index (χ3n) is 9.36. The van der Waals surface area contributed by atoms with Gasteiger partial charge in [-0.25, -0.2) is 0 Å². The molecule has 2 N–H and O–H groups in total. The van der Waals surface area contributed by atoms with Gasteiger partial charge in [-0.3, -0.25) is 4.57 Å². The van der Waals surface area contributed by atoms with Crippen LogP contribution in [-0.2, 0) is 4.57 Å². The molecule has 5 heteroatoms. The summed E-state index contributed by atoms with van der Waals surface area (Å²) in [7, 11) is -3.77. The Bertz CT molecular complexity index is 553. The predicted octanol–water partition coefficient (Wildman–Crippen LogP) is 14.1. The largest absolute Gasteiger partial charge is 0.325 e. The van der Waals surface area contributed by atoms with Crippen molar-refractivity contribution < 1.29 is 14.4 Å². The summed E-state index contributed by atoms with van der Waals surface area (Å²) in [6, 6.07) is 0. The molecule has 0 aromatic rings. The van der Waals surface area contributed by atoms with E-state index in [9.17, 15) is 4.57 Å². The fourth-order valence-electron chi connectivity index (χ4n) is 6.44. The molecule has 0 amide bonds. The van der Waals surface area contributed by atoms with Gasteiger partial charge in [0.15, 0.2) is 0 Å². The first-order valence-electron chi connectivity index (χ1n) is 19.7. The molecule has 0 rings (SSSR count). The second-order valence-electron chi connectivity index (χ2n) is 13.8. The van der Waals surface area contributed by atoms with Crippen molar-refractivity contribution >= 4 is 20.2 Å². The minimum absolute atomic E-state index is 0.0614. The number of thiol groups is 1. The molecule has 0 spiro atoms. The highest BCUT2D eigenvalue weighted by atomic mass is 32.1. The SMILES string of the molecule is O=P(O)(O)CCCCCCCCCCCCCCCCCCCCCCCCCCCCCCCCCCCCCCS. The van der Waals surface area contributed by atoms with Gasteiger partial charge < -0.3 is 9.79 Å². The first kappa shape index (κ1) is 43.5. The van der Waals surface area contributed by atoms with E-state index in [1.54, 1.807) is 0 Å². The molecule has 0 saturated heterocycles. The molecule has 0 atom stereocenters. The summed E-state index contributed by atoms with van der Waals surface area (Å²) in [5, 5.41) is 0. The molecular formula is C38H79O3PS. The molecule has 0 bridgehead atoms. The fourth-order valence-corrected chi connectivity index (χ4v) is 7.30. The number of rotatable bonds is 38. The van der Waals surface area contributed by atoms with E-state index < -0.39 is 7.60 Å². The van der Waals surface area contributed by atoms with E-state index in [-0.39, 0.29) is 6.16 Å². The summed E-state index contributed by atoms with van der Waals surface area (Å²) in [4.78, 5) is 17.7. The molecule has 0 aromatic heterocycles. The van der Waals surface area contributed by atoms with Crippen molar-refractivity contribution in [1.82, 2.24) is 0 Å². The van der Waals surface area contributed by atoms with Gasteiger partial charge in [-0.1, -0.05) is 218 Å². The summed E-state index contributed by atoms with van der Waals surface area (Å²) in [5.41, 5.74) is 0. The van der Waals surface area contributed by atoms with Crippen LogP contribution < -0.4 is 0 Å². The van der Waals surface area contributed by atoms with Crippen molar-refractivity contribution in [3.63, 3.8) is 0 Å². The van der Waals surface area contributed by atoms with Crippen LogP contribution in [0.2, 0.25) is 0 Å². The Kier molecular flexibility index (Phi) is 37.4. The molecule has 0 heterocycles. The summed E-state index contributed by atoms with van der Waals surface area (Å²) < 4.78 is 10.8. The Morgan fingerprint density at radius 3 is 0.558 bits per heavy atom. The van der Waals surface area contributed by atoms with Crippen molar-refractivity contribution in [2.45, 2.75) is 231 Å². The highest BCUT2D eigenvalue weighted by molar-refractivity contribution is 7.80. The molecular weight excluding hydrogens is 567 g/mol. The van der Waals surface area contributed by atoms with Gasteiger partial charge in [0.05, 0.1) is 0 Å². The second kappa shape index (κ2) is 37.0. The van der Waals surface area contributed by atoms with Crippen LogP contribution >= 0.6 is 20.2 Å². The van der Waals surface area contributed by atoms with Gasteiger partial charge in [0, 0.05) is 6.16 Å². The predicted molar refractivity (Wildman–Crippen MR) is 197 cm³/mol. The molecule has 0 aliphatic rings. The van der Waals surface area contributed by atoms with E-state index >= 15 is 0 Å². The number of unbranched alkanes of at least 4 members (excludes halogenated alkanes) is 35. The zero-order chi connectivity index (χ0) is 31.4. The molecule has 0 unspecified atom stereocenters. The smallest absolute Gasteiger partial charge is 0.324 e. The van der Waals surface area contributed by atoms with E-state index in [0.29, 0.717) is 6.42 Å². The van der Waals surface area contributed by atoms with E-state index in [1.807, 2.05) is 0 Å². The van der Waals surface area contributed by atoms with E-state index in [4.69, 9.17) is 9.79 Å². The lowest BCUT2D eigenvalue weighted by atomic mass is 10.0. The third-order valence-corrected chi connectivity index (χ3v) is 10.6. The summed E-state index contributed by atoms with van der Waals surface area (Å²) in [6.45, 7) is 0. The van der Waals surface area contributed by atoms with Crippen LogP contribution in [0.15, 0.2) is 0 Å². The quantitative estimate of drug-likeness (QED) is 0.0355. The van der Waals surface area contributed by atoms with E-state index in [1.165, 1.54) is 212 Å². The number of hydrogen-bond acceptors (Lipinski definition) is 2. The highest BCUT2D eigenvalue weighted by Crippen LogP contribution is 2.35. The van der Waals surface area contributed by atoms with Crippen molar-refractivity contribution in [2.24, 2.45) is 0 Å². The van der Waals surface area contributed by atoms with Crippen LogP contribution in [-0.4, -0.2) is 21.7 Å². The van der Waals surface area contributed by atoms with Crippen molar-refractivity contribution in [3.8, 4) is 0 Å². The van der Waals surface area contributed by atoms with Gasteiger partial charge in [0.25, 0.3) is 0 Å². The van der Waals surface area contributed by atoms with E-state index in [2.05, 4.69) is 12.6 Å². The maximum Gasteiger partial charge on any atom is 0.325 e. The summed E-state index contributed by atoms with van der Waals surface area (Å²) >= 11 is 4.29. The lowest BCUT2D eigenvalue weighted by Gasteiger charge is -2.05. The van der Waals surface area contributed by atoms with Crippen molar-refractivity contribution in [1.29, 1.82) is 0 Å². The average molecular weight is 647 g/mol. The molecule has 0 aliphatic carbocycles. The molecule has 43 heavy (non-hydrogen) atoms. The normalized spacial score (nSPS) is 12.0. The summed E-state index contributed by atoms with van der Waals surface area (Å²) in [6.07, 6.45) is 49.9. The van der Waals surface area contributed by atoms with Crippen LogP contribution in [0.5, 0.6) is 0 Å². The second-order valence-corrected chi connectivity index (χ2v) is 16.1. The third kappa shape index (κ3) is 42.5. The Balaban J connectivity index is 3.05. The molecule has 0 radical (unpaired) electrons. The molecule has 0 aliphatic heterocycles. The topological polar surface area (TPSA) is 57.5 Å². The van der Waals surface area contributed by atoms with Gasteiger partial charge in [-0.05, 0) is 18.6 Å². The first-order valence-corrected chi connectivity index (χ1v) is 22.1. The summed E-state index contributed by atoms with van der Waals surface area (Å²) in [5.74, 6) is 1.06. The molecule has 0 aromatic carbocycles. The highest BCUT2D eigenvalue weighted by Gasteiger charge is 2.10. The lowest BCUT2D eigenvalue weighted by Crippen LogP contribution is -1.88. The van der Waals surface area contributed by atoms with E-state index in [0.717, 1.165) is 18.6 Å². The van der Waals surface area contributed by atoms with Gasteiger partial charge in [0.2, 0.25) is 0 Å². The number of hydrogen-bond donors (Lipinski definition) is 3. The van der Waals surface area contributed by atoms with Crippen LogP contribution in [0.3, 0.4) is 0 Å². The average Bonchev–Trinajstić information content (AvgIpc) is 2.98. The van der Waals surface area contributed by atoms with Gasteiger partial charge in [-0.15, -0.1) is 0 Å². The van der Waals surface area contributed by atoms with Crippen LogP contribution in [0.1, 0.15) is 231 Å². The van der Waals surface area contributed by atoms with Crippen LogP contribution in [0.4, 0.5) is 0 Å². The Hall–Kier alpha value is 0.500. The van der Waals surface area contributed by atoms with Gasteiger partial charge in [-0.2, -0.15) is 12.6 Å². The van der Waals surface area contributed by atoms with Gasteiger partial charge >= 0.3 is 7.60 Å². The first-order chi connectivity index (χ1) is 21.1. The Morgan fingerprint density at radius 2 is 0.419 bits per heavy atom. The molecule has 260 valence electrons. The zero-order valence-corrected chi connectivity index (χ0v) is 30.9. The monoisotopic (exact) mass is 647 g/mol. The van der Waals surface area contributed by atoms with Crippen molar-refractivity contribution in [2.75, 3.05) is 11.9 Å². The molecule has 3 nitrogen and oxygen atoms in total. The van der Waals surface area contributed by atoms with Gasteiger partial charge in [0.1, 0.15) is 0 Å². The molecule has 0 saturated carbocycles. The minimum atomic E-state index is -3.77. The Morgan fingerprint density at radius 1 is 0.279 bits per heavy atom. The molecule has 0 fully saturated rings. The fraction of sp³-hybridized carbons (Fsp3) is 1.00. The zero-order valence-electron chi connectivity index (χ0n) is 29.1. The van der Waals surface area contributed by atoms with Crippen LogP contribution in [0, 0.1) is 0 Å². The Labute approximate surface area is 276 Å². The minimum Gasteiger partial charge on any atom is -0.324 e. The van der Waals surface area contributed by atoms with Crippen LogP contribution in [0.25, 0.3) is 0 Å². The lowest BCUT2D eigenvalue weighted by molar-refractivity contribution is 0.370.